The third-order valence-electron chi connectivity index (χ3n) is 3.41. The van der Waals surface area contributed by atoms with Crippen molar-refractivity contribution in [3.05, 3.63) is 41.2 Å². The third kappa shape index (κ3) is 2.26. The van der Waals surface area contributed by atoms with Gasteiger partial charge in [0.2, 0.25) is 0 Å². The van der Waals surface area contributed by atoms with Gasteiger partial charge in [-0.2, -0.15) is 4.80 Å². The molecule has 2 aromatic rings. The van der Waals surface area contributed by atoms with Gasteiger partial charge in [0.1, 0.15) is 0 Å². The van der Waals surface area contributed by atoms with Crippen molar-refractivity contribution >= 4 is 0 Å². The lowest BCUT2D eigenvalue weighted by molar-refractivity contribution is 0.556. The molecule has 1 aliphatic heterocycles. The molecule has 5 nitrogen and oxygen atoms in total. The van der Waals surface area contributed by atoms with Gasteiger partial charge >= 0.3 is 0 Å². The predicted octanol–water partition coefficient (Wildman–Crippen LogP) is 1.45. The number of nitrogens with one attached hydrogen (secondary N) is 1. The summed E-state index contributed by atoms with van der Waals surface area (Å²) in [5.74, 6) is 0.820. The summed E-state index contributed by atoms with van der Waals surface area (Å²) in [6.45, 7) is 3.84. The van der Waals surface area contributed by atoms with Crippen molar-refractivity contribution in [1.82, 2.24) is 25.5 Å². The van der Waals surface area contributed by atoms with Crippen LogP contribution in [-0.2, 0) is 6.54 Å². The summed E-state index contributed by atoms with van der Waals surface area (Å²) < 4.78 is 0. The molecule has 94 valence electrons. The number of hydrogen-bond donors (Lipinski definition) is 1. The molecule has 1 aromatic carbocycles. The zero-order chi connectivity index (χ0) is 12.4. The maximum Gasteiger partial charge on any atom is 0.191 e. The van der Waals surface area contributed by atoms with Crippen LogP contribution in [-0.4, -0.2) is 26.8 Å². The normalized spacial score (nSPS) is 19.3. The van der Waals surface area contributed by atoms with E-state index >= 15 is 0 Å². The number of tetrazole rings is 1. The van der Waals surface area contributed by atoms with E-state index in [2.05, 4.69) is 39.8 Å². The van der Waals surface area contributed by atoms with Crippen LogP contribution in [0.3, 0.4) is 0 Å². The first kappa shape index (κ1) is 11.3. The highest BCUT2D eigenvalue weighted by molar-refractivity contribution is 5.25. The minimum atomic E-state index is 0.288. The van der Waals surface area contributed by atoms with Crippen molar-refractivity contribution in [3.63, 3.8) is 0 Å². The molecule has 1 atom stereocenters. The number of benzene rings is 1. The molecule has 1 aliphatic rings. The Morgan fingerprint density at radius 3 is 3.06 bits per heavy atom. The first-order valence-electron chi connectivity index (χ1n) is 6.38. The Labute approximate surface area is 106 Å². The van der Waals surface area contributed by atoms with Gasteiger partial charge in [-0.05, 0) is 42.7 Å². The Morgan fingerprint density at radius 2 is 2.28 bits per heavy atom. The average molecular weight is 243 g/mol. The molecule has 0 saturated carbocycles. The summed E-state index contributed by atoms with van der Waals surface area (Å²) >= 11 is 0. The zero-order valence-electron chi connectivity index (χ0n) is 10.5. The quantitative estimate of drug-likeness (QED) is 0.886. The second kappa shape index (κ2) is 4.86. The first-order valence-corrected chi connectivity index (χ1v) is 6.38. The van der Waals surface area contributed by atoms with Gasteiger partial charge < -0.3 is 5.32 Å². The van der Waals surface area contributed by atoms with E-state index in [4.69, 9.17) is 0 Å². The lowest BCUT2D eigenvalue weighted by atomic mass is 10.1. The second-order valence-electron chi connectivity index (χ2n) is 4.75. The van der Waals surface area contributed by atoms with Crippen LogP contribution < -0.4 is 5.32 Å². The molecule has 1 aromatic heterocycles. The Morgan fingerprint density at radius 1 is 1.39 bits per heavy atom. The standard InChI is InChI=1S/C13H17N5/c1-10-5-2-3-6-11(10)9-18-16-13(15-17-18)12-7-4-8-14-12/h2-3,5-6,12,14H,4,7-9H2,1H3. The Kier molecular flexibility index (Phi) is 3.06. The summed E-state index contributed by atoms with van der Waals surface area (Å²) in [6, 6.07) is 8.58. The van der Waals surface area contributed by atoms with E-state index in [1.807, 2.05) is 12.1 Å². The maximum atomic E-state index is 4.46. The monoisotopic (exact) mass is 243 g/mol. The summed E-state index contributed by atoms with van der Waals surface area (Å²) in [5, 5.41) is 16.1. The largest absolute Gasteiger partial charge is 0.307 e. The SMILES string of the molecule is Cc1ccccc1Cn1nnc(C2CCCN2)n1. The van der Waals surface area contributed by atoms with E-state index in [1.165, 1.54) is 17.5 Å². The van der Waals surface area contributed by atoms with E-state index < -0.39 is 0 Å². The van der Waals surface area contributed by atoms with Gasteiger partial charge in [0.15, 0.2) is 5.82 Å². The molecular weight excluding hydrogens is 226 g/mol. The molecule has 1 N–H and O–H groups in total. The van der Waals surface area contributed by atoms with E-state index in [9.17, 15) is 0 Å². The van der Waals surface area contributed by atoms with Crippen LogP contribution in [0.2, 0.25) is 0 Å². The average Bonchev–Trinajstić information content (AvgIpc) is 3.02. The van der Waals surface area contributed by atoms with Gasteiger partial charge in [-0.3, -0.25) is 0 Å². The molecule has 0 spiro atoms. The van der Waals surface area contributed by atoms with Crippen LogP contribution in [0.25, 0.3) is 0 Å². The van der Waals surface area contributed by atoms with Crippen molar-refractivity contribution in [2.45, 2.75) is 32.4 Å². The molecule has 0 bridgehead atoms. The van der Waals surface area contributed by atoms with Gasteiger partial charge in [-0.15, -0.1) is 10.2 Å². The van der Waals surface area contributed by atoms with Crippen molar-refractivity contribution in [3.8, 4) is 0 Å². The third-order valence-corrected chi connectivity index (χ3v) is 3.41. The predicted molar refractivity (Wildman–Crippen MR) is 68.1 cm³/mol. The van der Waals surface area contributed by atoms with Gasteiger partial charge in [0.05, 0.1) is 12.6 Å². The topological polar surface area (TPSA) is 55.6 Å². The lowest BCUT2D eigenvalue weighted by Gasteiger charge is -2.04. The highest BCUT2D eigenvalue weighted by atomic mass is 15.6. The molecule has 1 saturated heterocycles. The smallest absolute Gasteiger partial charge is 0.191 e. The van der Waals surface area contributed by atoms with Crippen LogP contribution in [0.4, 0.5) is 0 Å². The summed E-state index contributed by atoms with van der Waals surface area (Å²) in [4.78, 5) is 1.68. The Balaban J connectivity index is 1.75. The van der Waals surface area contributed by atoms with E-state index in [0.717, 1.165) is 18.8 Å². The molecule has 5 heteroatoms. The summed E-state index contributed by atoms with van der Waals surface area (Å²) in [7, 11) is 0. The Bertz CT molecular complexity index is 528. The number of rotatable bonds is 3. The van der Waals surface area contributed by atoms with Gasteiger partial charge in [-0.1, -0.05) is 24.3 Å². The summed E-state index contributed by atoms with van der Waals surface area (Å²) in [6.07, 6.45) is 2.30. The molecule has 1 fully saturated rings. The number of aryl methyl sites for hydroxylation is 1. The summed E-state index contributed by atoms with van der Waals surface area (Å²) in [5.41, 5.74) is 2.50. The molecule has 1 unspecified atom stereocenters. The van der Waals surface area contributed by atoms with Crippen molar-refractivity contribution in [2.24, 2.45) is 0 Å². The molecule has 0 amide bonds. The molecule has 0 radical (unpaired) electrons. The van der Waals surface area contributed by atoms with Crippen molar-refractivity contribution in [1.29, 1.82) is 0 Å². The van der Waals surface area contributed by atoms with Crippen molar-refractivity contribution < 1.29 is 0 Å². The van der Waals surface area contributed by atoms with E-state index in [0.29, 0.717) is 6.54 Å². The van der Waals surface area contributed by atoms with Gasteiger partial charge in [0, 0.05) is 0 Å². The molecule has 18 heavy (non-hydrogen) atoms. The van der Waals surface area contributed by atoms with Crippen LogP contribution in [0.5, 0.6) is 0 Å². The fourth-order valence-electron chi connectivity index (χ4n) is 2.31. The van der Waals surface area contributed by atoms with E-state index in [-0.39, 0.29) is 6.04 Å². The number of nitrogens with zero attached hydrogens (tertiary/aromatic N) is 4. The molecule has 3 rings (SSSR count). The minimum absolute atomic E-state index is 0.288. The van der Waals surface area contributed by atoms with Crippen LogP contribution in [0, 0.1) is 6.92 Å². The first-order chi connectivity index (χ1) is 8.83. The van der Waals surface area contributed by atoms with Crippen LogP contribution in [0.15, 0.2) is 24.3 Å². The van der Waals surface area contributed by atoms with Crippen molar-refractivity contribution in [2.75, 3.05) is 6.54 Å². The molecule has 0 aliphatic carbocycles. The fraction of sp³-hybridized carbons (Fsp3) is 0.462. The molecular formula is C13H17N5. The molecule has 2 heterocycles. The highest BCUT2D eigenvalue weighted by Crippen LogP contribution is 2.18. The van der Waals surface area contributed by atoms with Gasteiger partial charge in [-0.25, -0.2) is 0 Å². The van der Waals surface area contributed by atoms with Crippen LogP contribution >= 0.6 is 0 Å². The zero-order valence-corrected chi connectivity index (χ0v) is 10.5. The number of hydrogen-bond acceptors (Lipinski definition) is 4. The van der Waals surface area contributed by atoms with E-state index in [1.54, 1.807) is 4.80 Å². The van der Waals surface area contributed by atoms with Crippen LogP contribution in [0.1, 0.15) is 35.8 Å². The number of aromatic nitrogens is 4. The Hall–Kier alpha value is -1.75. The van der Waals surface area contributed by atoms with Gasteiger partial charge in [0.25, 0.3) is 0 Å². The minimum Gasteiger partial charge on any atom is -0.307 e. The highest BCUT2D eigenvalue weighted by Gasteiger charge is 2.20. The maximum absolute atomic E-state index is 4.46. The fourth-order valence-corrected chi connectivity index (χ4v) is 2.31. The lowest BCUT2D eigenvalue weighted by Crippen LogP contribution is -2.15. The second-order valence-corrected chi connectivity index (χ2v) is 4.75.